The fraction of sp³-hybridized carbons (Fsp3) is 0.387. The molecule has 3 aliphatic rings. The number of piperidine rings is 1. The lowest BCUT2D eigenvalue weighted by Crippen LogP contribution is -2.44. The van der Waals surface area contributed by atoms with Gasteiger partial charge in [-0.1, -0.05) is 24.3 Å². The third-order valence-corrected chi connectivity index (χ3v) is 8.71. The van der Waals surface area contributed by atoms with E-state index in [-0.39, 0.29) is 5.95 Å². The molecular formula is C31H34N10. The first-order chi connectivity index (χ1) is 20.2. The van der Waals surface area contributed by atoms with Crippen molar-refractivity contribution in [3.63, 3.8) is 0 Å². The molecule has 3 N–H and O–H groups in total. The van der Waals surface area contributed by atoms with Crippen LogP contribution in [0.25, 0.3) is 17.1 Å². The first-order valence-electron chi connectivity index (χ1n) is 14.6. The molecule has 2 aromatic heterocycles. The Morgan fingerprint density at radius 1 is 0.902 bits per heavy atom. The molecule has 4 aromatic rings. The number of nitrogen functional groups attached to an aromatic ring is 1. The van der Waals surface area contributed by atoms with Crippen LogP contribution in [-0.2, 0) is 12.8 Å². The van der Waals surface area contributed by atoms with Gasteiger partial charge in [0.05, 0.1) is 16.9 Å². The van der Waals surface area contributed by atoms with E-state index in [1.165, 1.54) is 36.2 Å². The molecule has 41 heavy (non-hydrogen) atoms. The van der Waals surface area contributed by atoms with Gasteiger partial charge in [0.1, 0.15) is 6.07 Å². The van der Waals surface area contributed by atoms with Crippen LogP contribution in [0, 0.1) is 11.3 Å². The topological polar surface area (TPSA) is 125 Å². The van der Waals surface area contributed by atoms with Crippen molar-refractivity contribution in [2.75, 3.05) is 42.1 Å². The van der Waals surface area contributed by atoms with E-state index >= 15 is 0 Å². The number of nitrogens with zero attached hydrogens (tertiary/aromatic N) is 8. The monoisotopic (exact) mass is 546 g/mol. The van der Waals surface area contributed by atoms with E-state index in [9.17, 15) is 5.26 Å². The summed E-state index contributed by atoms with van der Waals surface area (Å²) < 4.78 is 1.51. The number of likely N-dealkylation sites (tertiary alicyclic amines) is 1. The number of nitrogens with two attached hydrogens (primary N) is 1. The van der Waals surface area contributed by atoms with Crippen LogP contribution < -0.4 is 16.0 Å². The number of anilines is 4. The maximum atomic E-state index is 9.96. The Balaban J connectivity index is 1.08. The number of benzene rings is 2. The summed E-state index contributed by atoms with van der Waals surface area (Å²) in [4.78, 5) is 9.40. The molecule has 7 rings (SSSR count). The second-order valence-electron chi connectivity index (χ2n) is 11.2. The highest BCUT2D eigenvalue weighted by Crippen LogP contribution is 2.32. The number of fused-ring (bicyclic) bond motifs is 3. The summed E-state index contributed by atoms with van der Waals surface area (Å²) in [5.74, 6) is 1.09. The van der Waals surface area contributed by atoms with Crippen LogP contribution in [0.2, 0.25) is 0 Å². The number of nitrogens with one attached hydrogen (secondary N) is 1. The normalized spacial score (nSPS) is 17.5. The molecule has 2 aliphatic heterocycles. The summed E-state index contributed by atoms with van der Waals surface area (Å²) in [6.07, 6.45) is 7.90. The molecule has 10 heteroatoms. The van der Waals surface area contributed by atoms with Gasteiger partial charge >= 0.3 is 0 Å². The van der Waals surface area contributed by atoms with Gasteiger partial charge in [0.15, 0.2) is 5.82 Å². The number of hydrogen-bond acceptors (Lipinski definition) is 9. The highest BCUT2D eigenvalue weighted by atomic mass is 15.4. The Hall–Kier alpha value is -4.49. The summed E-state index contributed by atoms with van der Waals surface area (Å²) >= 11 is 0. The van der Waals surface area contributed by atoms with Crippen molar-refractivity contribution >= 4 is 23.3 Å². The van der Waals surface area contributed by atoms with Gasteiger partial charge in [-0.2, -0.15) is 14.9 Å². The number of rotatable bonds is 5. The molecule has 0 bridgehead atoms. The zero-order valence-electron chi connectivity index (χ0n) is 23.1. The number of hydrogen-bond donors (Lipinski definition) is 2. The lowest BCUT2D eigenvalue weighted by Gasteiger charge is -2.38. The van der Waals surface area contributed by atoms with Gasteiger partial charge in [0.25, 0.3) is 0 Å². The van der Waals surface area contributed by atoms with Crippen LogP contribution in [0.3, 0.4) is 0 Å². The maximum Gasteiger partial charge on any atom is 0.248 e. The van der Waals surface area contributed by atoms with Crippen molar-refractivity contribution in [2.45, 2.75) is 51.0 Å². The summed E-state index contributed by atoms with van der Waals surface area (Å²) in [6.45, 7) is 4.41. The summed E-state index contributed by atoms with van der Waals surface area (Å²) in [6, 6.07) is 19.3. The van der Waals surface area contributed by atoms with Gasteiger partial charge in [0.2, 0.25) is 11.9 Å². The largest absolute Gasteiger partial charge is 0.370 e. The fourth-order valence-electron chi connectivity index (χ4n) is 6.61. The van der Waals surface area contributed by atoms with Crippen molar-refractivity contribution < 1.29 is 0 Å². The Morgan fingerprint density at radius 2 is 1.71 bits per heavy atom. The molecular weight excluding hydrogens is 512 g/mol. The van der Waals surface area contributed by atoms with Crippen molar-refractivity contribution in [1.82, 2.24) is 29.9 Å². The molecule has 0 saturated carbocycles. The van der Waals surface area contributed by atoms with Gasteiger partial charge in [-0.05, 0) is 93.4 Å². The Bertz CT molecular complexity index is 1610. The fourth-order valence-corrected chi connectivity index (χ4v) is 6.61. The molecule has 0 atom stereocenters. The van der Waals surface area contributed by atoms with Gasteiger partial charge in [-0.15, -0.1) is 15.3 Å². The van der Waals surface area contributed by atoms with Crippen LogP contribution >= 0.6 is 0 Å². The third-order valence-electron chi connectivity index (χ3n) is 8.71. The first-order valence-corrected chi connectivity index (χ1v) is 14.6. The zero-order valence-corrected chi connectivity index (χ0v) is 23.1. The Labute approximate surface area is 239 Å². The van der Waals surface area contributed by atoms with Crippen LogP contribution in [-0.4, -0.2) is 62.1 Å². The van der Waals surface area contributed by atoms with Crippen LogP contribution in [0.4, 0.5) is 23.3 Å². The first kappa shape index (κ1) is 25.5. The van der Waals surface area contributed by atoms with Gasteiger partial charge < -0.3 is 20.9 Å². The molecule has 2 saturated heterocycles. The van der Waals surface area contributed by atoms with Crippen molar-refractivity contribution in [3.8, 4) is 23.1 Å². The van der Waals surface area contributed by atoms with E-state index in [0.717, 1.165) is 73.4 Å². The predicted octanol–water partition coefficient (Wildman–Crippen LogP) is 4.48. The standard InChI is InChI=1S/C31H34N10/c32-20-23-18-24(10-11-27(23)40-16-12-25(13-17-40)39-14-3-4-15-39)34-31-35-30(33)41(38-31)28-19-22-8-5-7-21-6-1-2-9-26(21)29(22)37-36-28/h1-2,6,9-11,18-19,25H,3-5,7-8,12-17H2,(H3,33,34,35,38). The quantitative estimate of drug-likeness (QED) is 0.373. The lowest BCUT2D eigenvalue weighted by molar-refractivity contribution is 0.208. The highest BCUT2D eigenvalue weighted by Gasteiger charge is 2.27. The lowest BCUT2D eigenvalue weighted by atomic mass is 10.0. The summed E-state index contributed by atoms with van der Waals surface area (Å²) in [5, 5.41) is 26.8. The van der Waals surface area contributed by atoms with Gasteiger partial charge in [-0.3, -0.25) is 0 Å². The predicted molar refractivity (Wildman–Crippen MR) is 159 cm³/mol. The van der Waals surface area contributed by atoms with E-state index in [4.69, 9.17) is 5.73 Å². The maximum absolute atomic E-state index is 9.96. The third kappa shape index (κ3) is 4.98. The smallest absolute Gasteiger partial charge is 0.248 e. The van der Waals surface area contributed by atoms with Crippen molar-refractivity contribution in [1.29, 1.82) is 5.26 Å². The molecule has 0 unspecified atom stereocenters. The molecule has 1 aliphatic carbocycles. The van der Waals surface area contributed by atoms with Crippen LogP contribution in [0.15, 0.2) is 48.5 Å². The molecule has 208 valence electrons. The zero-order chi connectivity index (χ0) is 27.8. The van der Waals surface area contributed by atoms with Gasteiger partial charge in [-0.25, -0.2) is 0 Å². The number of aromatic nitrogens is 5. The average molecular weight is 547 g/mol. The average Bonchev–Trinajstić information content (AvgIpc) is 3.63. The van der Waals surface area contributed by atoms with E-state index in [1.807, 2.05) is 30.3 Å². The second kappa shape index (κ2) is 10.8. The highest BCUT2D eigenvalue weighted by molar-refractivity contribution is 5.69. The molecule has 0 amide bonds. The van der Waals surface area contributed by atoms with E-state index in [2.05, 4.69) is 59.7 Å². The molecule has 0 radical (unpaired) electrons. The van der Waals surface area contributed by atoms with Gasteiger partial charge in [0, 0.05) is 30.4 Å². The second-order valence-corrected chi connectivity index (χ2v) is 11.2. The summed E-state index contributed by atoms with van der Waals surface area (Å²) in [5.41, 5.74) is 13.1. The minimum absolute atomic E-state index is 0.216. The van der Waals surface area contributed by atoms with Crippen LogP contribution in [0.5, 0.6) is 0 Å². The molecule has 0 spiro atoms. The summed E-state index contributed by atoms with van der Waals surface area (Å²) in [7, 11) is 0. The Morgan fingerprint density at radius 3 is 2.54 bits per heavy atom. The molecule has 4 heterocycles. The SMILES string of the molecule is N#Cc1cc(Nc2nc(N)n(-c3cc4c(nn3)-c3ccccc3CCC4)n2)ccc1N1CCC(N2CCCC2)CC1. The minimum atomic E-state index is 0.216. The van der Waals surface area contributed by atoms with E-state index in [1.54, 1.807) is 0 Å². The molecule has 2 fully saturated rings. The number of aryl methyl sites for hydroxylation is 2. The van der Waals surface area contributed by atoms with E-state index in [0.29, 0.717) is 23.4 Å². The minimum Gasteiger partial charge on any atom is -0.370 e. The number of nitriles is 1. The molecule has 2 aromatic carbocycles. The van der Waals surface area contributed by atoms with Crippen LogP contribution in [0.1, 0.15) is 48.8 Å². The van der Waals surface area contributed by atoms with E-state index < -0.39 is 0 Å². The molecule has 10 nitrogen and oxygen atoms in total. The van der Waals surface area contributed by atoms with Crippen molar-refractivity contribution in [2.24, 2.45) is 0 Å². The Kier molecular flexibility index (Phi) is 6.72. The van der Waals surface area contributed by atoms with Crippen molar-refractivity contribution in [3.05, 3.63) is 65.2 Å².